The molecule has 0 amide bonds. The minimum Gasteiger partial charge on any atom is -0.390 e. The van der Waals surface area contributed by atoms with Gasteiger partial charge in [-0.2, -0.15) is 5.10 Å². The predicted molar refractivity (Wildman–Crippen MR) is 92.3 cm³/mol. The molecule has 7 nitrogen and oxygen atoms in total. The van der Waals surface area contributed by atoms with Crippen molar-refractivity contribution in [2.45, 2.75) is 35.7 Å². The number of sulfonamides is 1. The molecule has 3 heterocycles. The maximum absolute atomic E-state index is 12.2. The van der Waals surface area contributed by atoms with Gasteiger partial charge < -0.3 is 10.0 Å². The first-order valence-electron chi connectivity index (χ1n) is 7.96. The standard InChI is InChI=1S/C15H22N4O3S2/c20-14(12-19-7-2-6-16-19)11-18-8-4-13(5-9-18)17-24(21,22)15-3-1-10-23-15/h1-3,6-7,10,13-14,17,20H,4-5,8-9,11-12H2/t14-/m1/s1. The van der Waals surface area contributed by atoms with Crippen LogP contribution in [0.3, 0.4) is 0 Å². The number of aliphatic hydroxyl groups is 1. The van der Waals surface area contributed by atoms with E-state index in [0.717, 1.165) is 25.9 Å². The fraction of sp³-hybridized carbons (Fsp3) is 0.533. The summed E-state index contributed by atoms with van der Waals surface area (Å²) in [5.74, 6) is 0. The highest BCUT2D eigenvalue weighted by atomic mass is 32.2. The van der Waals surface area contributed by atoms with Crippen LogP contribution < -0.4 is 4.72 Å². The van der Waals surface area contributed by atoms with E-state index in [2.05, 4.69) is 14.7 Å². The molecular weight excluding hydrogens is 348 g/mol. The Morgan fingerprint density at radius 1 is 1.33 bits per heavy atom. The number of nitrogens with zero attached hydrogens (tertiary/aromatic N) is 3. The van der Waals surface area contributed by atoms with Crippen molar-refractivity contribution in [3.8, 4) is 0 Å². The van der Waals surface area contributed by atoms with E-state index in [0.29, 0.717) is 17.3 Å². The monoisotopic (exact) mass is 370 g/mol. The highest BCUT2D eigenvalue weighted by molar-refractivity contribution is 7.91. The smallest absolute Gasteiger partial charge is 0.250 e. The Bertz CT molecular complexity index is 708. The molecule has 0 aliphatic carbocycles. The van der Waals surface area contributed by atoms with Crippen molar-refractivity contribution >= 4 is 21.4 Å². The van der Waals surface area contributed by atoms with Crippen molar-refractivity contribution in [2.24, 2.45) is 0 Å². The minimum absolute atomic E-state index is 0.0448. The lowest BCUT2D eigenvalue weighted by Crippen LogP contribution is -2.46. The van der Waals surface area contributed by atoms with E-state index in [4.69, 9.17) is 0 Å². The van der Waals surface area contributed by atoms with Gasteiger partial charge in [0.2, 0.25) is 10.0 Å². The topological polar surface area (TPSA) is 87.5 Å². The fourth-order valence-electron chi connectivity index (χ4n) is 2.91. The Morgan fingerprint density at radius 2 is 2.12 bits per heavy atom. The lowest BCUT2D eigenvalue weighted by Gasteiger charge is -2.33. The average Bonchev–Trinajstić information content (AvgIpc) is 3.22. The number of aromatic nitrogens is 2. The number of rotatable bonds is 7. The van der Waals surface area contributed by atoms with Gasteiger partial charge in [-0.05, 0) is 43.4 Å². The van der Waals surface area contributed by atoms with Gasteiger partial charge in [-0.15, -0.1) is 11.3 Å². The summed E-state index contributed by atoms with van der Waals surface area (Å²) >= 11 is 1.23. The van der Waals surface area contributed by atoms with Gasteiger partial charge in [-0.1, -0.05) is 6.07 Å². The molecule has 2 aromatic heterocycles. The van der Waals surface area contributed by atoms with E-state index >= 15 is 0 Å². The molecule has 0 spiro atoms. The predicted octanol–water partition coefficient (Wildman–Crippen LogP) is 0.748. The van der Waals surface area contributed by atoms with Gasteiger partial charge in [-0.3, -0.25) is 4.68 Å². The molecule has 24 heavy (non-hydrogen) atoms. The zero-order valence-corrected chi connectivity index (χ0v) is 14.9. The highest BCUT2D eigenvalue weighted by Gasteiger charge is 2.26. The largest absolute Gasteiger partial charge is 0.390 e. The third kappa shape index (κ3) is 4.64. The first-order chi connectivity index (χ1) is 11.5. The summed E-state index contributed by atoms with van der Waals surface area (Å²) in [6, 6.07) is 5.14. The summed E-state index contributed by atoms with van der Waals surface area (Å²) < 4.78 is 29.3. The van der Waals surface area contributed by atoms with Gasteiger partial charge in [0, 0.05) is 25.0 Å². The zero-order chi connectivity index (χ0) is 17.0. The molecule has 9 heteroatoms. The van der Waals surface area contributed by atoms with Crippen molar-refractivity contribution in [1.82, 2.24) is 19.4 Å². The third-order valence-electron chi connectivity index (χ3n) is 4.10. The molecular formula is C15H22N4O3S2. The Kier molecular flexibility index (Phi) is 5.67. The van der Waals surface area contributed by atoms with Crippen LogP contribution in [0.25, 0.3) is 0 Å². The Balaban J connectivity index is 1.44. The van der Waals surface area contributed by atoms with Crippen LogP contribution in [0.2, 0.25) is 0 Å². The van der Waals surface area contributed by atoms with Gasteiger partial charge in [-0.25, -0.2) is 13.1 Å². The summed E-state index contributed by atoms with van der Waals surface area (Å²) in [5, 5.41) is 16.0. The Morgan fingerprint density at radius 3 is 2.75 bits per heavy atom. The number of nitrogens with one attached hydrogen (secondary N) is 1. The fourth-order valence-corrected chi connectivity index (χ4v) is 5.22. The van der Waals surface area contributed by atoms with Crippen LogP contribution in [0.5, 0.6) is 0 Å². The van der Waals surface area contributed by atoms with Gasteiger partial charge in [0.05, 0.1) is 12.6 Å². The van der Waals surface area contributed by atoms with E-state index < -0.39 is 16.1 Å². The number of hydrogen-bond donors (Lipinski definition) is 2. The maximum atomic E-state index is 12.2. The molecule has 3 rings (SSSR count). The van der Waals surface area contributed by atoms with Crippen molar-refractivity contribution in [3.05, 3.63) is 36.0 Å². The lowest BCUT2D eigenvalue weighted by atomic mass is 10.1. The molecule has 0 aromatic carbocycles. The van der Waals surface area contributed by atoms with Crippen LogP contribution in [0.4, 0.5) is 0 Å². The summed E-state index contributed by atoms with van der Waals surface area (Å²) in [7, 11) is -3.40. The molecule has 1 fully saturated rings. The molecule has 1 aliphatic rings. The quantitative estimate of drug-likeness (QED) is 0.751. The van der Waals surface area contributed by atoms with E-state index in [1.165, 1.54) is 11.3 Å². The van der Waals surface area contributed by atoms with E-state index in [9.17, 15) is 13.5 Å². The molecule has 2 N–H and O–H groups in total. The van der Waals surface area contributed by atoms with Crippen LogP contribution in [-0.4, -0.2) is 60.0 Å². The van der Waals surface area contributed by atoms with Crippen LogP contribution in [0, 0.1) is 0 Å². The maximum Gasteiger partial charge on any atom is 0.250 e. The van der Waals surface area contributed by atoms with Crippen LogP contribution >= 0.6 is 11.3 Å². The van der Waals surface area contributed by atoms with E-state index in [1.54, 1.807) is 28.4 Å². The second kappa shape index (κ2) is 7.75. The van der Waals surface area contributed by atoms with Gasteiger partial charge in [0.25, 0.3) is 0 Å². The molecule has 0 radical (unpaired) electrons. The summed E-state index contributed by atoms with van der Waals surface area (Å²) in [4.78, 5) is 2.17. The van der Waals surface area contributed by atoms with E-state index in [1.807, 2.05) is 12.3 Å². The molecule has 1 atom stereocenters. The number of β-amino-alcohol motifs (C(OH)–C–C–N with tert-alkyl or cyclic N) is 1. The second-order valence-corrected chi connectivity index (χ2v) is 8.90. The SMILES string of the molecule is O=S(=O)(NC1CCN(C[C@@H](O)Cn2cccn2)CC1)c1cccs1. The van der Waals surface area contributed by atoms with Crippen LogP contribution in [-0.2, 0) is 16.6 Å². The molecule has 132 valence electrons. The third-order valence-corrected chi connectivity index (χ3v) is 7.01. The lowest BCUT2D eigenvalue weighted by molar-refractivity contribution is 0.0815. The number of aliphatic hydroxyl groups excluding tert-OH is 1. The van der Waals surface area contributed by atoms with Crippen LogP contribution in [0.15, 0.2) is 40.2 Å². The number of likely N-dealkylation sites (tertiary alicyclic amines) is 1. The summed E-state index contributed by atoms with van der Waals surface area (Å²) in [5.41, 5.74) is 0. The molecule has 0 bridgehead atoms. The second-order valence-electron chi connectivity index (χ2n) is 6.01. The first-order valence-corrected chi connectivity index (χ1v) is 10.3. The van der Waals surface area contributed by atoms with Crippen molar-refractivity contribution < 1.29 is 13.5 Å². The molecule has 1 saturated heterocycles. The van der Waals surface area contributed by atoms with Gasteiger partial charge >= 0.3 is 0 Å². The van der Waals surface area contributed by atoms with E-state index in [-0.39, 0.29) is 6.04 Å². The van der Waals surface area contributed by atoms with Gasteiger partial charge in [0.1, 0.15) is 4.21 Å². The Labute approximate surface area is 146 Å². The normalized spacial score (nSPS) is 18.7. The number of thiophene rings is 1. The average molecular weight is 371 g/mol. The van der Waals surface area contributed by atoms with Crippen molar-refractivity contribution in [2.75, 3.05) is 19.6 Å². The first kappa shape index (κ1) is 17.6. The molecule has 0 saturated carbocycles. The van der Waals surface area contributed by atoms with Crippen molar-refractivity contribution in [1.29, 1.82) is 0 Å². The molecule has 1 aliphatic heterocycles. The zero-order valence-electron chi connectivity index (χ0n) is 13.3. The van der Waals surface area contributed by atoms with Crippen molar-refractivity contribution in [3.63, 3.8) is 0 Å². The number of piperidine rings is 1. The molecule has 0 unspecified atom stereocenters. The molecule has 2 aromatic rings. The Hall–Kier alpha value is -1.26. The van der Waals surface area contributed by atoms with Crippen LogP contribution in [0.1, 0.15) is 12.8 Å². The minimum atomic E-state index is -3.40. The summed E-state index contributed by atoms with van der Waals surface area (Å²) in [6.07, 6.45) is 4.54. The highest BCUT2D eigenvalue weighted by Crippen LogP contribution is 2.18. The number of hydrogen-bond acceptors (Lipinski definition) is 6. The van der Waals surface area contributed by atoms with Gasteiger partial charge in [0.15, 0.2) is 0 Å². The summed E-state index contributed by atoms with van der Waals surface area (Å²) in [6.45, 7) is 2.59.